The Balaban J connectivity index is -0.00000000218. The van der Waals surface area contributed by atoms with Gasteiger partial charge in [0.15, 0.2) is 0 Å². The van der Waals surface area contributed by atoms with E-state index < -0.39 is 12.3 Å². The molecular weight excluding hydrogens is 561 g/mol. The Kier molecular flexibility index (Phi) is 350. The molecule has 4 N–H and O–H groups in total. The van der Waals surface area contributed by atoms with Crippen molar-refractivity contribution in [3.63, 3.8) is 0 Å². The second-order valence-corrected chi connectivity index (χ2v) is 0.565. The normalized spacial score (nSPS) is 2.53. The van der Waals surface area contributed by atoms with Crippen molar-refractivity contribution in [2.75, 3.05) is 0 Å². The quantitative estimate of drug-likeness (QED) is 0.210. The first-order chi connectivity index (χ1) is 3.46. The molecule has 0 saturated carbocycles. The number of carboxylic acid groups (broad SMARTS) is 4. The summed E-state index contributed by atoms with van der Waals surface area (Å²) in [6, 6.07) is 0. The molecule has 0 atom stereocenters. The molecule has 0 bridgehead atoms. The number of carbonyl (C=O) groups is 2. The Hall–Kier alpha value is 12.4. The molecule has 0 radical (unpaired) electrons. The van der Waals surface area contributed by atoms with E-state index in [1.165, 1.54) is 0 Å². The second-order valence-electron chi connectivity index (χ2n) is 0.565. The molecule has 0 spiro atoms. The van der Waals surface area contributed by atoms with E-state index >= 15 is 0 Å². The molecule has 0 fully saturated rings. The van der Waals surface area contributed by atoms with Crippen molar-refractivity contribution < 1.29 is 30.0 Å². The van der Waals surface area contributed by atoms with Gasteiger partial charge in [0.1, 0.15) is 0 Å². The predicted molar refractivity (Wildman–Crippen MR) is 115 cm³/mol. The minimum atomic E-state index is -1.83. The van der Waals surface area contributed by atoms with Crippen LogP contribution in [-0.4, -0.2) is 448 Å². The Morgan fingerprint density at radius 2 is 0.368 bits per heavy atom. The molecular formula is C2H26Ca11O6. The van der Waals surface area contributed by atoms with Crippen LogP contribution in [0, 0.1) is 0 Å². The summed E-state index contributed by atoms with van der Waals surface area (Å²) >= 11 is 0. The maximum atomic E-state index is 8.56. The van der Waals surface area contributed by atoms with Gasteiger partial charge in [0.05, 0.1) is 0 Å². The second kappa shape index (κ2) is 77.6. The molecule has 0 aromatic carbocycles. The first kappa shape index (κ1) is 85.7. The summed E-state index contributed by atoms with van der Waals surface area (Å²) in [5.41, 5.74) is 0. The van der Waals surface area contributed by atoms with Gasteiger partial charge in [0.2, 0.25) is 0 Å². The van der Waals surface area contributed by atoms with E-state index in [0.29, 0.717) is 0 Å². The summed E-state index contributed by atoms with van der Waals surface area (Å²) in [5, 5.41) is 27.9. The van der Waals surface area contributed by atoms with E-state index in [4.69, 9.17) is 30.0 Å². The zero-order valence-corrected chi connectivity index (χ0v) is 3.61. The Morgan fingerprint density at radius 3 is 0.368 bits per heavy atom. The van der Waals surface area contributed by atoms with Crippen LogP contribution in [0.4, 0.5) is 9.59 Å². The standard InChI is InChI=1S/2CH2O3.11Ca.22H/c2*2-1(3)4;;;;;;;;;;;;;;;;;;;;;;;;;;;;;;;;;/h2*(H2,2,3,4);;;;;;;;;;;;;;;;;;;;;;;;;;;;;;;;;. The molecule has 0 unspecified atom stereocenters. The zero-order chi connectivity index (χ0) is 7.15. The molecule has 6 nitrogen and oxygen atoms in total. The average molecular weight is 587 g/mol. The maximum absolute atomic E-state index is 8.56. The molecule has 0 heterocycles. The van der Waals surface area contributed by atoms with E-state index in [-0.39, 0.29) is 415 Å². The predicted octanol–water partition coefficient (Wildman–Crippen LogP) is -9.63. The van der Waals surface area contributed by atoms with Gasteiger partial charge in [-0.15, -0.1) is 0 Å². The van der Waals surface area contributed by atoms with Gasteiger partial charge < -0.3 is 20.4 Å². The van der Waals surface area contributed by atoms with Crippen LogP contribution in [0.25, 0.3) is 0 Å². The summed E-state index contributed by atoms with van der Waals surface area (Å²) in [6.07, 6.45) is -3.67. The van der Waals surface area contributed by atoms with E-state index in [0.717, 1.165) is 0 Å². The molecule has 0 aliphatic heterocycles. The van der Waals surface area contributed by atoms with Crippen molar-refractivity contribution in [2.24, 2.45) is 0 Å². The van der Waals surface area contributed by atoms with Crippen molar-refractivity contribution in [1.82, 2.24) is 0 Å². The molecule has 17 heteroatoms. The van der Waals surface area contributed by atoms with Crippen molar-refractivity contribution >= 4 is 427 Å². The SMILES string of the molecule is O=C(O)O.O=C(O)O.[CaH2].[CaH2].[CaH2].[CaH2].[CaH2].[CaH2].[CaH2].[CaH2].[CaH2].[CaH2].[CaH2]. The Morgan fingerprint density at radius 1 is 0.368 bits per heavy atom. The van der Waals surface area contributed by atoms with Gasteiger partial charge in [-0.3, -0.25) is 0 Å². The summed E-state index contributed by atoms with van der Waals surface area (Å²) in [7, 11) is 0. The third kappa shape index (κ3) is 159. The van der Waals surface area contributed by atoms with Gasteiger partial charge in [0.25, 0.3) is 0 Å². The van der Waals surface area contributed by atoms with Crippen LogP contribution < -0.4 is 0 Å². The molecule has 19 heavy (non-hydrogen) atoms. The van der Waals surface area contributed by atoms with Crippen LogP contribution in [-0.2, 0) is 0 Å². The van der Waals surface area contributed by atoms with Gasteiger partial charge in [-0.1, -0.05) is 0 Å². The van der Waals surface area contributed by atoms with Gasteiger partial charge >= 0.3 is 427 Å². The van der Waals surface area contributed by atoms with Gasteiger partial charge in [-0.25, -0.2) is 9.59 Å². The van der Waals surface area contributed by atoms with Crippen LogP contribution in [0.15, 0.2) is 0 Å². The van der Waals surface area contributed by atoms with Gasteiger partial charge in [-0.2, -0.15) is 0 Å². The monoisotopic (exact) mass is 586 g/mol. The van der Waals surface area contributed by atoms with Crippen molar-refractivity contribution in [3.8, 4) is 0 Å². The minimum absolute atomic E-state index is 0. The molecule has 0 rings (SSSR count). The summed E-state index contributed by atoms with van der Waals surface area (Å²) < 4.78 is 0. The fourth-order valence-corrected chi connectivity index (χ4v) is 0. The third-order valence-electron chi connectivity index (χ3n) is 0. The molecule has 0 aromatic rings. The molecule has 92 valence electrons. The molecule has 0 aromatic heterocycles. The van der Waals surface area contributed by atoms with E-state index in [9.17, 15) is 0 Å². The Bertz CT molecular complexity index is 83.2. The van der Waals surface area contributed by atoms with E-state index in [1.54, 1.807) is 0 Å². The first-order valence-electron chi connectivity index (χ1n) is 1.30. The summed E-state index contributed by atoms with van der Waals surface area (Å²) in [4.78, 5) is 17.1. The number of hydrogen-bond acceptors (Lipinski definition) is 2. The zero-order valence-electron chi connectivity index (χ0n) is 3.61. The molecule has 0 aliphatic carbocycles. The third-order valence-corrected chi connectivity index (χ3v) is 0. The van der Waals surface area contributed by atoms with Gasteiger partial charge in [0, 0.05) is 0 Å². The van der Waals surface area contributed by atoms with Crippen molar-refractivity contribution in [1.29, 1.82) is 0 Å². The van der Waals surface area contributed by atoms with Crippen LogP contribution in [0.5, 0.6) is 0 Å². The van der Waals surface area contributed by atoms with Crippen LogP contribution in [0.1, 0.15) is 0 Å². The van der Waals surface area contributed by atoms with Crippen molar-refractivity contribution in [3.05, 3.63) is 0 Å². The topological polar surface area (TPSA) is 115 Å². The molecule has 0 amide bonds. The van der Waals surface area contributed by atoms with E-state index in [1.807, 2.05) is 0 Å². The summed E-state index contributed by atoms with van der Waals surface area (Å²) in [6.45, 7) is 0. The van der Waals surface area contributed by atoms with Crippen LogP contribution in [0.3, 0.4) is 0 Å². The number of rotatable bonds is 0. The molecule has 0 aliphatic rings. The van der Waals surface area contributed by atoms with Crippen LogP contribution in [0.2, 0.25) is 0 Å². The fraction of sp³-hybridized carbons (Fsp3) is 0. The van der Waals surface area contributed by atoms with Crippen LogP contribution >= 0.6 is 0 Å². The Labute approximate surface area is 441 Å². The number of hydrogen-bond donors (Lipinski definition) is 4. The summed E-state index contributed by atoms with van der Waals surface area (Å²) in [5.74, 6) is 0. The van der Waals surface area contributed by atoms with E-state index in [2.05, 4.69) is 0 Å². The van der Waals surface area contributed by atoms with Crippen molar-refractivity contribution in [2.45, 2.75) is 0 Å². The van der Waals surface area contributed by atoms with Gasteiger partial charge in [-0.05, 0) is 0 Å². The first-order valence-corrected chi connectivity index (χ1v) is 1.30. The average Bonchev–Trinajstić information content (AvgIpc) is 1.25. The fourth-order valence-electron chi connectivity index (χ4n) is 0. The molecule has 0 saturated heterocycles.